The molecule has 0 saturated carbocycles. The van der Waals surface area contributed by atoms with Gasteiger partial charge >= 0.3 is 0 Å². The Kier molecular flexibility index (Phi) is 3.93. The molecule has 8 aromatic carbocycles. The third-order valence-electron chi connectivity index (χ3n) is 8.74. The standard InChI is InChI=1S/C38H20N2O/c1-2-9-23(10-3-1)35-37(40-36-25-12-5-4-8-21(25)18-19-29(36)39-35)28-20-24-17-16-22-11-6-13-26-27-14-7-15-30-33(27)34(38(28)41-30)32(24)31(22)26/h1-20H. The highest BCUT2D eigenvalue weighted by Crippen LogP contribution is 2.49. The Labute approximate surface area is 234 Å². The fraction of sp³-hybridized carbons (Fsp3) is 0. The summed E-state index contributed by atoms with van der Waals surface area (Å²) in [6.45, 7) is 0. The molecule has 2 heterocycles. The molecular formula is C38H20N2O. The van der Waals surface area contributed by atoms with E-state index in [-0.39, 0.29) is 0 Å². The fourth-order valence-corrected chi connectivity index (χ4v) is 6.98. The minimum absolute atomic E-state index is 0.835. The lowest BCUT2D eigenvalue weighted by molar-refractivity contribution is 0.670. The molecule has 10 rings (SSSR count). The lowest BCUT2D eigenvalue weighted by Gasteiger charge is -2.16. The van der Waals surface area contributed by atoms with Gasteiger partial charge in [0, 0.05) is 32.7 Å². The average molecular weight is 521 g/mol. The maximum absolute atomic E-state index is 6.79. The van der Waals surface area contributed by atoms with Crippen molar-refractivity contribution in [2.24, 2.45) is 0 Å². The van der Waals surface area contributed by atoms with Crippen LogP contribution < -0.4 is 0 Å². The van der Waals surface area contributed by atoms with Gasteiger partial charge in [0.25, 0.3) is 0 Å². The summed E-state index contributed by atoms with van der Waals surface area (Å²) in [5.74, 6) is 0. The number of hydrogen-bond acceptors (Lipinski definition) is 3. The Morgan fingerprint density at radius 3 is 2.12 bits per heavy atom. The van der Waals surface area contributed by atoms with Gasteiger partial charge in [-0.3, -0.25) is 0 Å². The van der Waals surface area contributed by atoms with Gasteiger partial charge in [-0.2, -0.15) is 0 Å². The first-order chi connectivity index (χ1) is 20.3. The van der Waals surface area contributed by atoms with E-state index in [1.165, 1.54) is 43.1 Å². The zero-order valence-electron chi connectivity index (χ0n) is 21.8. The van der Waals surface area contributed by atoms with Crippen LogP contribution in [0, 0.1) is 0 Å². The molecule has 10 aromatic rings. The van der Waals surface area contributed by atoms with E-state index in [1.54, 1.807) is 0 Å². The summed E-state index contributed by atoms with van der Waals surface area (Å²) in [6, 6.07) is 42.7. The number of nitrogens with zero attached hydrogens (tertiary/aromatic N) is 2. The second kappa shape index (κ2) is 7.56. The Balaban J connectivity index is 1.44. The third-order valence-corrected chi connectivity index (χ3v) is 8.74. The van der Waals surface area contributed by atoms with E-state index in [2.05, 4.69) is 115 Å². The van der Waals surface area contributed by atoms with Gasteiger partial charge in [-0.05, 0) is 50.5 Å². The van der Waals surface area contributed by atoms with Crippen molar-refractivity contribution in [3.63, 3.8) is 0 Å². The maximum atomic E-state index is 6.79. The Hall–Kier alpha value is -5.54. The fourth-order valence-electron chi connectivity index (χ4n) is 6.98. The van der Waals surface area contributed by atoms with Crippen molar-refractivity contribution in [3.05, 3.63) is 121 Å². The highest BCUT2D eigenvalue weighted by atomic mass is 16.3. The van der Waals surface area contributed by atoms with Crippen molar-refractivity contribution in [2.75, 3.05) is 0 Å². The molecule has 0 aliphatic heterocycles. The molecule has 41 heavy (non-hydrogen) atoms. The molecule has 0 atom stereocenters. The first-order valence-electron chi connectivity index (χ1n) is 13.9. The highest BCUT2D eigenvalue weighted by Gasteiger charge is 2.25. The van der Waals surface area contributed by atoms with Gasteiger partial charge in [-0.1, -0.05) is 103 Å². The van der Waals surface area contributed by atoms with E-state index >= 15 is 0 Å². The molecule has 0 radical (unpaired) electrons. The van der Waals surface area contributed by atoms with Crippen LogP contribution in [-0.2, 0) is 0 Å². The SMILES string of the molecule is c1ccc(-c2nc3ccc4ccccc4c3nc2-c2cc3ccc4cccc5c6cccc7oc2c(c76)c3c45)cc1. The van der Waals surface area contributed by atoms with Crippen molar-refractivity contribution in [3.8, 4) is 22.5 Å². The van der Waals surface area contributed by atoms with Crippen molar-refractivity contribution in [1.82, 2.24) is 9.97 Å². The van der Waals surface area contributed by atoms with Crippen LogP contribution in [0.3, 0.4) is 0 Å². The van der Waals surface area contributed by atoms with Crippen LogP contribution in [-0.4, -0.2) is 9.97 Å². The molecule has 2 aromatic heterocycles. The predicted octanol–water partition coefficient (Wildman–Crippen LogP) is 10.4. The van der Waals surface area contributed by atoms with Crippen LogP contribution in [0.25, 0.3) is 98.6 Å². The summed E-state index contributed by atoms with van der Waals surface area (Å²) >= 11 is 0. The van der Waals surface area contributed by atoms with E-state index in [9.17, 15) is 0 Å². The van der Waals surface area contributed by atoms with Crippen LogP contribution in [0.1, 0.15) is 0 Å². The van der Waals surface area contributed by atoms with Crippen molar-refractivity contribution in [2.45, 2.75) is 0 Å². The van der Waals surface area contributed by atoms with Gasteiger partial charge in [0.05, 0.1) is 16.7 Å². The van der Waals surface area contributed by atoms with Gasteiger partial charge in [-0.25, -0.2) is 9.97 Å². The number of fused-ring (bicyclic) bond motifs is 4. The molecule has 3 heteroatoms. The first-order valence-corrected chi connectivity index (χ1v) is 13.9. The van der Waals surface area contributed by atoms with E-state index in [1.807, 2.05) is 6.07 Å². The summed E-state index contributed by atoms with van der Waals surface area (Å²) in [5, 5.41) is 12.1. The molecule has 3 nitrogen and oxygen atoms in total. The van der Waals surface area contributed by atoms with Crippen LogP contribution in [0.2, 0.25) is 0 Å². The van der Waals surface area contributed by atoms with Crippen LogP contribution in [0.4, 0.5) is 0 Å². The molecule has 0 saturated heterocycles. The number of hydrogen-bond donors (Lipinski definition) is 0. The molecule has 0 bridgehead atoms. The summed E-state index contributed by atoms with van der Waals surface area (Å²) in [6.07, 6.45) is 0. The lowest BCUT2D eigenvalue weighted by Crippen LogP contribution is -1.97. The minimum atomic E-state index is 0.835. The molecular weight excluding hydrogens is 500 g/mol. The third kappa shape index (κ3) is 2.72. The van der Waals surface area contributed by atoms with Crippen molar-refractivity contribution in [1.29, 1.82) is 0 Å². The van der Waals surface area contributed by atoms with Gasteiger partial charge in [0.1, 0.15) is 16.9 Å². The summed E-state index contributed by atoms with van der Waals surface area (Å²) in [4.78, 5) is 10.7. The number of rotatable bonds is 2. The largest absolute Gasteiger partial charge is 0.455 e. The molecule has 0 aliphatic rings. The van der Waals surface area contributed by atoms with Crippen LogP contribution >= 0.6 is 0 Å². The average Bonchev–Trinajstić information content (AvgIpc) is 3.44. The molecule has 0 aliphatic carbocycles. The van der Waals surface area contributed by atoms with Crippen LogP contribution in [0.5, 0.6) is 0 Å². The zero-order chi connectivity index (χ0) is 26.7. The monoisotopic (exact) mass is 520 g/mol. The summed E-state index contributed by atoms with van der Waals surface area (Å²) in [5.41, 5.74) is 7.24. The van der Waals surface area contributed by atoms with Crippen molar-refractivity contribution < 1.29 is 4.42 Å². The molecule has 0 amide bonds. The number of aromatic nitrogens is 2. The van der Waals surface area contributed by atoms with E-state index < -0.39 is 0 Å². The number of benzene rings is 8. The van der Waals surface area contributed by atoms with Gasteiger partial charge < -0.3 is 4.42 Å². The normalized spacial score (nSPS) is 12.4. The molecule has 0 N–H and O–H groups in total. The van der Waals surface area contributed by atoms with Gasteiger partial charge in [0.15, 0.2) is 0 Å². The predicted molar refractivity (Wildman–Crippen MR) is 170 cm³/mol. The molecule has 0 spiro atoms. The first kappa shape index (κ1) is 21.3. The minimum Gasteiger partial charge on any atom is -0.455 e. The number of furan rings is 1. The second-order valence-corrected chi connectivity index (χ2v) is 10.9. The quantitative estimate of drug-likeness (QED) is 0.168. The van der Waals surface area contributed by atoms with Crippen molar-refractivity contribution >= 4 is 76.1 Å². The molecule has 0 unspecified atom stereocenters. The highest BCUT2D eigenvalue weighted by molar-refractivity contribution is 6.40. The van der Waals surface area contributed by atoms with E-state index in [0.29, 0.717) is 0 Å². The Morgan fingerprint density at radius 1 is 0.463 bits per heavy atom. The Bertz CT molecular complexity index is 2630. The van der Waals surface area contributed by atoms with E-state index in [4.69, 9.17) is 14.4 Å². The van der Waals surface area contributed by atoms with Gasteiger partial charge in [-0.15, -0.1) is 0 Å². The van der Waals surface area contributed by atoms with E-state index in [0.717, 1.165) is 55.5 Å². The molecule has 188 valence electrons. The zero-order valence-corrected chi connectivity index (χ0v) is 21.8. The summed E-state index contributed by atoms with van der Waals surface area (Å²) in [7, 11) is 0. The molecule has 0 fully saturated rings. The van der Waals surface area contributed by atoms with Gasteiger partial charge in [0.2, 0.25) is 0 Å². The maximum Gasteiger partial charge on any atom is 0.145 e. The second-order valence-electron chi connectivity index (χ2n) is 10.9. The smallest absolute Gasteiger partial charge is 0.145 e. The topological polar surface area (TPSA) is 38.9 Å². The van der Waals surface area contributed by atoms with Crippen LogP contribution in [0.15, 0.2) is 126 Å². The summed E-state index contributed by atoms with van der Waals surface area (Å²) < 4.78 is 6.79. The Morgan fingerprint density at radius 2 is 1.20 bits per heavy atom. The lowest BCUT2D eigenvalue weighted by atomic mass is 9.87.